The van der Waals surface area contributed by atoms with E-state index in [1.54, 1.807) is 0 Å². The minimum absolute atomic E-state index is 0. The third kappa shape index (κ3) is 4.93. The van der Waals surface area contributed by atoms with Gasteiger partial charge >= 0.3 is 20.1 Å². The summed E-state index contributed by atoms with van der Waals surface area (Å²) in [5.74, 6) is 0. The van der Waals surface area contributed by atoms with Gasteiger partial charge in [-0.2, -0.15) is 24.9 Å². The van der Waals surface area contributed by atoms with Gasteiger partial charge in [-0.05, 0) is 60.5 Å². The van der Waals surface area contributed by atoms with Gasteiger partial charge in [-0.25, -0.2) is 0 Å². The molecule has 0 fully saturated rings. The Morgan fingerprint density at radius 2 is 1.55 bits per heavy atom. The van der Waals surface area contributed by atoms with Gasteiger partial charge in [0, 0.05) is 28.0 Å². The second-order valence-corrected chi connectivity index (χ2v) is 10.6. The SMILES string of the molecule is CCCCN1C=CN(c2[c-]ccc3c4cccc5c6ccccc6n(c23)c54)[CH-]1.Cc1ccc(-c2[c-]cccc2)nc1.[Ir+3]. The number of unbranched alkanes of at least 4 members (excludes halogenated alkanes) is 1. The maximum absolute atomic E-state index is 4.32. The van der Waals surface area contributed by atoms with E-state index in [0.29, 0.717) is 0 Å². The summed E-state index contributed by atoms with van der Waals surface area (Å²) >= 11 is 0. The molecule has 7 aromatic rings. The van der Waals surface area contributed by atoms with Crippen molar-refractivity contribution in [2.24, 2.45) is 0 Å². The largest absolute Gasteiger partial charge is 3.00 e. The molecule has 8 rings (SSSR count). The Kier molecular flexibility index (Phi) is 7.97. The van der Waals surface area contributed by atoms with E-state index in [1.165, 1.54) is 56.5 Å². The molecule has 0 saturated carbocycles. The van der Waals surface area contributed by atoms with Gasteiger partial charge in [0.25, 0.3) is 0 Å². The van der Waals surface area contributed by atoms with Crippen LogP contribution >= 0.6 is 0 Å². The number of aryl methyl sites for hydroxylation is 1. The summed E-state index contributed by atoms with van der Waals surface area (Å²) < 4.78 is 2.43. The number of hydrogen-bond donors (Lipinski definition) is 0. The van der Waals surface area contributed by atoms with Crippen molar-refractivity contribution in [3.8, 4) is 11.3 Å². The number of rotatable bonds is 5. The molecule has 0 spiro atoms. The van der Waals surface area contributed by atoms with E-state index in [1.807, 2.05) is 43.5 Å². The first kappa shape index (κ1) is 28.0. The first-order valence-corrected chi connectivity index (χ1v) is 14.3. The van der Waals surface area contributed by atoms with E-state index in [0.717, 1.165) is 23.5 Å². The molecule has 208 valence electrons. The average Bonchev–Trinajstić information content (AvgIpc) is 3.73. The third-order valence-electron chi connectivity index (χ3n) is 7.77. The Morgan fingerprint density at radius 3 is 2.33 bits per heavy atom. The van der Waals surface area contributed by atoms with Gasteiger partial charge < -0.3 is 19.2 Å². The van der Waals surface area contributed by atoms with E-state index in [4.69, 9.17) is 0 Å². The molecule has 0 atom stereocenters. The fourth-order valence-electron chi connectivity index (χ4n) is 5.77. The van der Waals surface area contributed by atoms with E-state index in [9.17, 15) is 0 Å². The standard InChI is InChI=1S/C25H21N3.C12H10N.Ir/c1-2-3-14-26-15-16-27(17-26)23-13-7-11-21-20-10-6-9-19-18-8-4-5-12-22(18)28(24(19)20)25(21)23;1-10-7-8-12(13-9-10)11-5-3-2-4-6-11;/h4-12,15-17H,2-3,14H2,1H3;2-5,7-9H,1H3;/q-2;-1;+3. The Morgan fingerprint density at radius 1 is 0.762 bits per heavy atom. The van der Waals surface area contributed by atoms with Crippen LogP contribution in [0.1, 0.15) is 25.3 Å². The van der Waals surface area contributed by atoms with Crippen molar-refractivity contribution >= 4 is 43.8 Å². The van der Waals surface area contributed by atoms with E-state index >= 15 is 0 Å². The van der Waals surface area contributed by atoms with E-state index in [2.05, 4.69) is 118 Å². The molecule has 4 aromatic carbocycles. The molecular formula is C37H31IrN4. The zero-order valence-electron chi connectivity index (χ0n) is 23.7. The van der Waals surface area contributed by atoms with Crippen LogP contribution in [0.3, 0.4) is 0 Å². The summed E-state index contributed by atoms with van der Waals surface area (Å²) in [6, 6.07) is 38.2. The van der Waals surface area contributed by atoms with Crippen molar-refractivity contribution in [3.63, 3.8) is 0 Å². The van der Waals surface area contributed by atoms with E-state index in [-0.39, 0.29) is 20.1 Å². The van der Waals surface area contributed by atoms with Crippen LogP contribution in [-0.4, -0.2) is 20.8 Å². The number of benzene rings is 4. The fraction of sp³-hybridized carbons (Fsp3) is 0.135. The number of nitrogens with zero attached hydrogens (tertiary/aromatic N) is 4. The molecule has 1 aliphatic rings. The molecule has 0 aliphatic carbocycles. The summed E-state index contributed by atoms with van der Waals surface area (Å²) in [6.45, 7) is 7.50. The monoisotopic (exact) mass is 724 g/mol. The summed E-state index contributed by atoms with van der Waals surface area (Å²) in [5.41, 5.74) is 8.11. The van der Waals surface area contributed by atoms with Crippen molar-refractivity contribution in [1.29, 1.82) is 0 Å². The molecule has 0 radical (unpaired) electrons. The maximum atomic E-state index is 4.32. The molecule has 0 amide bonds. The number of para-hydroxylation sites is 2. The quantitative estimate of drug-likeness (QED) is 0.166. The smallest absolute Gasteiger partial charge is 0.508 e. The molecule has 5 heteroatoms. The van der Waals surface area contributed by atoms with Crippen LogP contribution in [0.5, 0.6) is 0 Å². The van der Waals surface area contributed by atoms with Crippen molar-refractivity contribution in [3.05, 3.63) is 134 Å². The second-order valence-electron chi connectivity index (χ2n) is 10.6. The average molecular weight is 724 g/mol. The number of fused-ring (bicyclic) bond motifs is 6. The van der Waals surface area contributed by atoms with Crippen molar-refractivity contribution < 1.29 is 20.1 Å². The minimum Gasteiger partial charge on any atom is -0.508 e. The molecule has 0 N–H and O–H groups in total. The maximum Gasteiger partial charge on any atom is 3.00 e. The summed E-state index contributed by atoms with van der Waals surface area (Å²) in [5, 5.41) is 5.23. The van der Waals surface area contributed by atoms with Crippen LogP contribution in [-0.2, 0) is 20.1 Å². The molecule has 4 nitrogen and oxygen atoms in total. The Hall–Kier alpha value is -4.18. The van der Waals surface area contributed by atoms with Crippen molar-refractivity contribution in [2.75, 3.05) is 11.4 Å². The van der Waals surface area contributed by atoms with Crippen molar-refractivity contribution in [2.45, 2.75) is 26.7 Å². The predicted octanol–water partition coefficient (Wildman–Crippen LogP) is 9.00. The van der Waals surface area contributed by atoms with Crippen molar-refractivity contribution in [1.82, 2.24) is 14.3 Å². The molecule has 42 heavy (non-hydrogen) atoms. The minimum atomic E-state index is 0. The third-order valence-corrected chi connectivity index (χ3v) is 7.77. The molecule has 0 bridgehead atoms. The second kappa shape index (κ2) is 12.0. The molecule has 1 aliphatic heterocycles. The molecule has 4 heterocycles. The van der Waals surface area contributed by atoms with Crippen LogP contribution in [0.15, 0.2) is 110 Å². The summed E-state index contributed by atoms with van der Waals surface area (Å²) in [6.07, 6.45) is 8.57. The Labute approximate surface area is 260 Å². The number of anilines is 1. The molecule has 3 aromatic heterocycles. The van der Waals surface area contributed by atoms with Crippen LogP contribution in [0.2, 0.25) is 0 Å². The van der Waals surface area contributed by atoms with Gasteiger partial charge in [-0.15, -0.1) is 41.3 Å². The predicted molar refractivity (Wildman–Crippen MR) is 171 cm³/mol. The van der Waals surface area contributed by atoms with Gasteiger partial charge in [-0.3, -0.25) is 0 Å². The summed E-state index contributed by atoms with van der Waals surface area (Å²) in [7, 11) is 0. The zero-order chi connectivity index (χ0) is 27.8. The van der Waals surface area contributed by atoms with Crippen LogP contribution in [0, 0.1) is 25.7 Å². The normalized spacial score (nSPS) is 12.8. The topological polar surface area (TPSA) is 23.8 Å². The van der Waals surface area contributed by atoms with Crippen LogP contribution in [0.4, 0.5) is 5.69 Å². The number of hydrogen-bond acceptors (Lipinski definition) is 3. The molecular weight excluding hydrogens is 693 g/mol. The first-order chi connectivity index (χ1) is 20.2. The van der Waals surface area contributed by atoms with Gasteiger partial charge in [-0.1, -0.05) is 67.6 Å². The molecule has 0 saturated heterocycles. The van der Waals surface area contributed by atoms with Crippen LogP contribution < -0.4 is 4.90 Å². The van der Waals surface area contributed by atoms with Gasteiger partial charge in [0.05, 0.1) is 0 Å². The van der Waals surface area contributed by atoms with Crippen LogP contribution in [0.25, 0.3) is 49.4 Å². The molecule has 0 unspecified atom stereocenters. The van der Waals surface area contributed by atoms with Gasteiger partial charge in [0.15, 0.2) is 0 Å². The number of pyridine rings is 1. The Bertz CT molecular complexity index is 1980. The fourth-order valence-corrected chi connectivity index (χ4v) is 5.77. The van der Waals surface area contributed by atoms with Gasteiger partial charge in [0.2, 0.25) is 0 Å². The van der Waals surface area contributed by atoms with Gasteiger partial charge in [0.1, 0.15) is 0 Å². The Balaban J connectivity index is 0.000000191. The number of aromatic nitrogens is 2. The summed E-state index contributed by atoms with van der Waals surface area (Å²) in [4.78, 5) is 8.79. The zero-order valence-corrected chi connectivity index (χ0v) is 26.1. The first-order valence-electron chi connectivity index (χ1n) is 14.3. The van der Waals surface area contributed by atoms with E-state index < -0.39 is 0 Å².